The van der Waals surface area contributed by atoms with E-state index in [1.165, 1.54) is 6.42 Å². The van der Waals surface area contributed by atoms with Gasteiger partial charge in [0.15, 0.2) is 5.75 Å². The SMILES string of the molecule is CCn1cc(O[C@@H]2CCC[C@@H]2N)cn1. The van der Waals surface area contributed by atoms with Crippen molar-refractivity contribution in [3.63, 3.8) is 0 Å². The zero-order valence-electron chi connectivity index (χ0n) is 8.52. The van der Waals surface area contributed by atoms with Gasteiger partial charge in [-0.25, -0.2) is 0 Å². The summed E-state index contributed by atoms with van der Waals surface area (Å²) < 4.78 is 7.62. The standard InChI is InChI=1S/C10H17N3O/c1-2-13-7-8(6-12-13)14-10-5-3-4-9(10)11/h6-7,9-10H,2-5,11H2,1H3/t9-,10+/m0/s1. The highest BCUT2D eigenvalue weighted by Crippen LogP contribution is 2.22. The average Bonchev–Trinajstić information content (AvgIpc) is 2.77. The molecule has 14 heavy (non-hydrogen) atoms. The van der Waals surface area contributed by atoms with Crippen molar-refractivity contribution in [2.45, 2.75) is 44.9 Å². The minimum atomic E-state index is 0.185. The Morgan fingerprint density at radius 3 is 3.07 bits per heavy atom. The van der Waals surface area contributed by atoms with Crippen molar-refractivity contribution in [3.05, 3.63) is 12.4 Å². The van der Waals surface area contributed by atoms with Crippen LogP contribution >= 0.6 is 0 Å². The minimum Gasteiger partial charge on any atom is -0.486 e. The largest absolute Gasteiger partial charge is 0.486 e. The third-order valence-corrected chi connectivity index (χ3v) is 2.72. The van der Waals surface area contributed by atoms with Crippen LogP contribution in [0.4, 0.5) is 0 Å². The highest BCUT2D eigenvalue weighted by molar-refractivity contribution is 5.12. The van der Waals surface area contributed by atoms with Gasteiger partial charge in [0.2, 0.25) is 0 Å². The number of hydrogen-bond donors (Lipinski definition) is 1. The molecule has 1 aliphatic rings. The smallest absolute Gasteiger partial charge is 0.157 e. The molecule has 0 saturated heterocycles. The second-order valence-electron chi connectivity index (χ2n) is 3.78. The number of hydrogen-bond acceptors (Lipinski definition) is 3. The van der Waals surface area contributed by atoms with E-state index in [4.69, 9.17) is 10.5 Å². The molecule has 0 aliphatic heterocycles. The van der Waals surface area contributed by atoms with Crippen LogP contribution in [0.5, 0.6) is 5.75 Å². The Kier molecular flexibility index (Phi) is 2.72. The molecule has 78 valence electrons. The molecule has 0 aromatic carbocycles. The topological polar surface area (TPSA) is 53.1 Å². The van der Waals surface area contributed by atoms with Gasteiger partial charge in [0.1, 0.15) is 6.10 Å². The Hall–Kier alpha value is -1.03. The van der Waals surface area contributed by atoms with Gasteiger partial charge in [-0.3, -0.25) is 4.68 Å². The molecular weight excluding hydrogens is 178 g/mol. The summed E-state index contributed by atoms with van der Waals surface area (Å²) >= 11 is 0. The zero-order valence-corrected chi connectivity index (χ0v) is 8.52. The Bertz CT molecular complexity index is 297. The maximum absolute atomic E-state index is 5.91. The summed E-state index contributed by atoms with van der Waals surface area (Å²) in [6, 6.07) is 0.194. The van der Waals surface area contributed by atoms with Crippen molar-refractivity contribution in [2.24, 2.45) is 5.73 Å². The van der Waals surface area contributed by atoms with E-state index in [0.29, 0.717) is 0 Å². The van der Waals surface area contributed by atoms with Gasteiger partial charge in [-0.1, -0.05) is 0 Å². The van der Waals surface area contributed by atoms with Gasteiger partial charge in [0.05, 0.1) is 12.4 Å². The Labute approximate surface area is 84.0 Å². The van der Waals surface area contributed by atoms with E-state index in [-0.39, 0.29) is 12.1 Å². The molecule has 2 N–H and O–H groups in total. The summed E-state index contributed by atoms with van der Waals surface area (Å²) in [6.07, 6.45) is 7.18. The highest BCUT2D eigenvalue weighted by Gasteiger charge is 2.25. The molecule has 1 aromatic rings. The summed E-state index contributed by atoms with van der Waals surface area (Å²) in [5.41, 5.74) is 5.91. The van der Waals surface area contributed by atoms with Crippen LogP contribution in [-0.2, 0) is 6.54 Å². The van der Waals surface area contributed by atoms with Crippen molar-refractivity contribution in [2.75, 3.05) is 0 Å². The van der Waals surface area contributed by atoms with E-state index >= 15 is 0 Å². The molecule has 0 bridgehead atoms. The molecule has 4 heteroatoms. The van der Waals surface area contributed by atoms with Gasteiger partial charge in [-0.05, 0) is 26.2 Å². The van der Waals surface area contributed by atoms with Crippen LogP contribution in [0, 0.1) is 0 Å². The summed E-state index contributed by atoms with van der Waals surface area (Å²) in [5, 5.41) is 4.15. The second kappa shape index (κ2) is 4.00. The van der Waals surface area contributed by atoms with Gasteiger partial charge in [0, 0.05) is 12.6 Å². The van der Waals surface area contributed by atoms with Crippen LogP contribution in [0.15, 0.2) is 12.4 Å². The van der Waals surface area contributed by atoms with E-state index in [2.05, 4.69) is 12.0 Å². The van der Waals surface area contributed by atoms with Gasteiger partial charge in [0.25, 0.3) is 0 Å². The first-order valence-corrected chi connectivity index (χ1v) is 5.24. The molecule has 0 radical (unpaired) electrons. The molecule has 0 amide bonds. The van der Waals surface area contributed by atoms with Crippen LogP contribution < -0.4 is 10.5 Å². The van der Waals surface area contributed by atoms with E-state index in [0.717, 1.165) is 25.1 Å². The van der Waals surface area contributed by atoms with Crippen molar-refractivity contribution in [3.8, 4) is 5.75 Å². The number of aromatic nitrogens is 2. The zero-order chi connectivity index (χ0) is 9.97. The summed E-state index contributed by atoms with van der Waals surface area (Å²) in [4.78, 5) is 0. The Morgan fingerprint density at radius 2 is 2.50 bits per heavy atom. The number of nitrogens with zero attached hydrogens (tertiary/aromatic N) is 2. The lowest BCUT2D eigenvalue weighted by molar-refractivity contribution is 0.191. The van der Waals surface area contributed by atoms with E-state index < -0.39 is 0 Å². The normalized spacial score (nSPS) is 26.7. The minimum absolute atomic E-state index is 0.185. The van der Waals surface area contributed by atoms with Crippen molar-refractivity contribution in [1.29, 1.82) is 0 Å². The van der Waals surface area contributed by atoms with Crippen LogP contribution in [0.3, 0.4) is 0 Å². The summed E-state index contributed by atoms with van der Waals surface area (Å²) in [5.74, 6) is 0.842. The maximum Gasteiger partial charge on any atom is 0.157 e. The fraction of sp³-hybridized carbons (Fsp3) is 0.700. The summed E-state index contributed by atoms with van der Waals surface area (Å²) in [6.45, 7) is 2.93. The summed E-state index contributed by atoms with van der Waals surface area (Å²) in [7, 11) is 0. The van der Waals surface area contributed by atoms with Crippen LogP contribution in [0.25, 0.3) is 0 Å². The monoisotopic (exact) mass is 195 g/mol. The second-order valence-corrected chi connectivity index (χ2v) is 3.78. The van der Waals surface area contributed by atoms with Crippen LogP contribution in [0.1, 0.15) is 26.2 Å². The number of nitrogens with two attached hydrogens (primary N) is 1. The fourth-order valence-corrected chi connectivity index (χ4v) is 1.85. The Balaban J connectivity index is 1.96. The number of ether oxygens (including phenoxy) is 1. The molecule has 1 fully saturated rings. The molecule has 2 rings (SSSR count). The molecule has 1 aliphatic carbocycles. The molecule has 1 saturated carbocycles. The van der Waals surface area contributed by atoms with Crippen LogP contribution in [0.2, 0.25) is 0 Å². The first kappa shape index (κ1) is 9.52. The average molecular weight is 195 g/mol. The lowest BCUT2D eigenvalue weighted by Crippen LogP contribution is -2.33. The third-order valence-electron chi connectivity index (χ3n) is 2.72. The molecule has 4 nitrogen and oxygen atoms in total. The van der Waals surface area contributed by atoms with E-state index in [1.54, 1.807) is 6.20 Å². The van der Waals surface area contributed by atoms with Gasteiger partial charge in [-0.2, -0.15) is 5.10 Å². The van der Waals surface area contributed by atoms with Crippen LogP contribution in [-0.4, -0.2) is 21.9 Å². The quantitative estimate of drug-likeness (QED) is 0.787. The third kappa shape index (κ3) is 1.90. The molecule has 1 aromatic heterocycles. The predicted octanol–water partition coefficient (Wildman–Crippen LogP) is 1.16. The molecule has 0 spiro atoms. The lowest BCUT2D eigenvalue weighted by Gasteiger charge is -2.15. The van der Waals surface area contributed by atoms with E-state index in [9.17, 15) is 0 Å². The van der Waals surface area contributed by atoms with Gasteiger partial charge < -0.3 is 10.5 Å². The Morgan fingerprint density at radius 1 is 1.64 bits per heavy atom. The van der Waals surface area contributed by atoms with E-state index in [1.807, 2.05) is 10.9 Å². The number of aryl methyl sites for hydroxylation is 1. The molecule has 1 heterocycles. The van der Waals surface area contributed by atoms with Crippen molar-refractivity contribution >= 4 is 0 Å². The molecule has 0 unspecified atom stereocenters. The van der Waals surface area contributed by atoms with Gasteiger partial charge in [-0.15, -0.1) is 0 Å². The first-order chi connectivity index (χ1) is 6.79. The lowest BCUT2D eigenvalue weighted by atomic mass is 10.2. The molecular formula is C10H17N3O. The van der Waals surface area contributed by atoms with Crippen molar-refractivity contribution in [1.82, 2.24) is 9.78 Å². The highest BCUT2D eigenvalue weighted by atomic mass is 16.5. The fourth-order valence-electron chi connectivity index (χ4n) is 1.85. The molecule has 2 atom stereocenters. The van der Waals surface area contributed by atoms with Gasteiger partial charge >= 0.3 is 0 Å². The maximum atomic E-state index is 5.91. The number of rotatable bonds is 3. The van der Waals surface area contributed by atoms with Crippen molar-refractivity contribution < 1.29 is 4.74 Å². The predicted molar refractivity (Wildman–Crippen MR) is 54.1 cm³/mol. The first-order valence-electron chi connectivity index (χ1n) is 5.24.